The Morgan fingerprint density at radius 1 is 1.09 bits per heavy atom. The molecule has 1 aliphatic heterocycles. The first-order chi connectivity index (χ1) is 11.3. The number of benzene rings is 2. The molecule has 0 spiro atoms. The smallest absolute Gasteiger partial charge is 0.167 e. The molecule has 1 atom stereocenters. The molecule has 3 heteroatoms. The normalized spacial score (nSPS) is 17.3. The van der Waals surface area contributed by atoms with Crippen molar-refractivity contribution in [3.8, 4) is 0 Å². The molecule has 1 aliphatic rings. The molecule has 0 saturated carbocycles. The molecule has 0 aromatic heterocycles. The van der Waals surface area contributed by atoms with Crippen LogP contribution in [0.5, 0.6) is 0 Å². The summed E-state index contributed by atoms with van der Waals surface area (Å²) in [5.74, 6) is 0.775. The van der Waals surface area contributed by atoms with Crippen molar-refractivity contribution in [2.75, 3.05) is 20.2 Å². The average Bonchev–Trinajstić information content (AvgIpc) is 3.11. The summed E-state index contributed by atoms with van der Waals surface area (Å²) in [7, 11) is 1.67. The van der Waals surface area contributed by atoms with Crippen molar-refractivity contribution in [1.82, 2.24) is 5.32 Å². The highest BCUT2D eigenvalue weighted by Gasteiger charge is 2.16. The number of ketones is 1. The van der Waals surface area contributed by atoms with Gasteiger partial charge in [-0.25, -0.2) is 0 Å². The van der Waals surface area contributed by atoms with Crippen LogP contribution in [0.2, 0.25) is 0 Å². The molecule has 0 radical (unpaired) electrons. The fourth-order valence-electron chi connectivity index (χ4n) is 3.09. The number of nitrogens with one attached hydrogen (secondary N) is 1. The van der Waals surface area contributed by atoms with Crippen molar-refractivity contribution in [1.29, 1.82) is 0 Å². The van der Waals surface area contributed by atoms with E-state index in [1.807, 2.05) is 24.3 Å². The molecule has 0 amide bonds. The predicted octanol–water partition coefficient (Wildman–Crippen LogP) is 3.34. The molecule has 1 heterocycles. The molecule has 3 rings (SSSR count). The molecule has 0 aliphatic carbocycles. The average molecular weight is 309 g/mol. The Kier molecular flexibility index (Phi) is 5.21. The number of hydrogen-bond acceptors (Lipinski definition) is 3. The fourth-order valence-corrected chi connectivity index (χ4v) is 3.09. The van der Waals surface area contributed by atoms with E-state index in [-0.39, 0.29) is 5.78 Å². The molecular weight excluding hydrogens is 286 g/mol. The highest BCUT2D eigenvalue weighted by molar-refractivity contribution is 5.97. The highest BCUT2D eigenvalue weighted by Crippen LogP contribution is 2.22. The molecule has 2 aromatic rings. The lowest BCUT2D eigenvalue weighted by Crippen LogP contribution is -2.08. The minimum Gasteiger partial charge on any atom is -0.380 e. The number of hydrogen-bond donors (Lipinski definition) is 1. The van der Waals surface area contributed by atoms with E-state index >= 15 is 0 Å². The van der Waals surface area contributed by atoms with Gasteiger partial charge < -0.3 is 10.1 Å². The summed E-state index contributed by atoms with van der Waals surface area (Å²) in [4.78, 5) is 12.4. The third kappa shape index (κ3) is 4.06. The van der Waals surface area contributed by atoms with Crippen molar-refractivity contribution in [3.05, 3.63) is 70.8 Å². The Bertz CT molecular complexity index is 640. The van der Waals surface area contributed by atoms with Crippen molar-refractivity contribution < 1.29 is 9.53 Å². The number of methoxy groups -OCH3 is 1. The summed E-state index contributed by atoms with van der Waals surface area (Å²) >= 11 is 0. The minimum atomic E-state index is 0.157. The van der Waals surface area contributed by atoms with Crippen LogP contribution in [0.1, 0.15) is 39.4 Å². The van der Waals surface area contributed by atoms with E-state index in [1.54, 1.807) is 7.11 Å². The molecule has 23 heavy (non-hydrogen) atoms. The number of carbonyl (C=O) groups excluding carboxylic acids is 1. The Balaban J connectivity index is 1.62. The van der Waals surface area contributed by atoms with E-state index in [0.29, 0.717) is 18.9 Å². The SMILES string of the molecule is COCc1ccc(C(=O)Cc2ccc(C3CCNC3)cc2)cc1. The number of Topliss-reactive ketones (excluding diaryl/α,β-unsaturated/α-hetero) is 1. The second-order valence-electron chi connectivity index (χ2n) is 6.16. The predicted molar refractivity (Wildman–Crippen MR) is 91.9 cm³/mol. The number of carbonyl (C=O) groups is 1. The van der Waals surface area contributed by atoms with Gasteiger partial charge in [0.1, 0.15) is 0 Å². The summed E-state index contributed by atoms with van der Waals surface area (Å²) in [6.45, 7) is 2.74. The first kappa shape index (κ1) is 15.9. The van der Waals surface area contributed by atoms with E-state index in [1.165, 1.54) is 12.0 Å². The zero-order chi connectivity index (χ0) is 16.1. The third-order valence-electron chi connectivity index (χ3n) is 4.46. The Morgan fingerprint density at radius 2 is 1.78 bits per heavy atom. The molecule has 1 fully saturated rings. The van der Waals surface area contributed by atoms with Crippen molar-refractivity contribution in [2.24, 2.45) is 0 Å². The monoisotopic (exact) mass is 309 g/mol. The van der Waals surface area contributed by atoms with Gasteiger partial charge in [0.05, 0.1) is 6.61 Å². The molecule has 2 aromatic carbocycles. The molecule has 1 unspecified atom stereocenters. The molecule has 1 N–H and O–H groups in total. The molecule has 0 bridgehead atoms. The highest BCUT2D eigenvalue weighted by atomic mass is 16.5. The van der Waals surface area contributed by atoms with E-state index in [2.05, 4.69) is 29.6 Å². The fraction of sp³-hybridized carbons (Fsp3) is 0.350. The third-order valence-corrected chi connectivity index (χ3v) is 4.46. The first-order valence-electron chi connectivity index (χ1n) is 8.17. The Labute approximate surface area is 137 Å². The van der Waals surface area contributed by atoms with Crippen LogP contribution in [0.25, 0.3) is 0 Å². The molecular formula is C20H23NO2. The topological polar surface area (TPSA) is 38.3 Å². The van der Waals surface area contributed by atoms with Crippen LogP contribution in [0, 0.1) is 0 Å². The number of rotatable bonds is 6. The standard InChI is InChI=1S/C20H23NO2/c1-23-14-16-4-8-18(9-5-16)20(22)12-15-2-6-17(7-3-15)19-10-11-21-13-19/h2-9,19,21H,10-14H2,1H3. The van der Waals surface area contributed by atoms with Gasteiger partial charge in [-0.2, -0.15) is 0 Å². The van der Waals surface area contributed by atoms with Crippen LogP contribution >= 0.6 is 0 Å². The van der Waals surface area contributed by atoms with Gasteiger partial charge in [0, 0.05) is 25.6 Å². The second-order valence-corrected chi connectivity index (χ2v) is 6.16. The molecule has 120 valence electrons. The van der Waals surface area contributed by atoms with Crippen LogP contribution in [0.3, 0.4) is 0 Å². The summed E-state index contributed by atoms with van der Waals surface area (Å²) < 4.78 is 5.09. The zero-order valence-electron chi connectivity index (χ0n) is 13.5. The summed E-state index contributed by atoms with van der Waals surface area (Å²) in [6, 6.07) is 16.2. The van der Waals surface area contributed by atoms with Gasteiger partial charge in [0.15, 0.2) is 5.78 Å². The Hall–Kier alpha value is -1.97. The van der Waals surface area contributed by atoms with Crippen LogP contribution in [0.15, 0.2) is 48.5 Å². The van der Waals surface area contributed by atoms with Crippen molar-refractivity contribution in [2.45, 2.75) is 25.4 Å². The summed E-state index contributed by atoms with van der Waals surface area (Å²) in [5.41, 5.74) is 4.29. The Morgan fingerprint density at radius 3 is 2.39 bits per heavy atom. The second kappa shape index (κ2) is 7.53. The maximum Gasteiger partial charge on any atom is 0.167 e. The zero-order valence-corrected chi connectivity index (χ0v) is 13.5. The van der Waals surface area contributed by atoms with E-state index in [0.717, 1.165) is 29.8 Å². The molecule has 3 nitrogen and oxygen atoms in total. The summed E-state index contributed by atoms with van der Waals surface area (Å²) in [5, 5.41) is 3.39. The largest absolute Gasteiger partial charge is 0.380 e. The maximum absolute atomic E-state index is 12.4. The van der Waals surface area contributed by atoms with Crippen LogP contribution in [0.4, 0.5) is 0 Å². The van der Waals surface area contributed by atoms with Gasteiger partial charge in [-0.3, -0.25) is 4.79 Å². The lowest BCUT2D eigenvalue weighted by Gasteiger charge is -2.09. The van der Waals surface area contributed by atoms with Gasteiger partial charge in [0.25, 0.3) is 0 Å². The van der Waals surface area contributed by atoms with Crippen LogP contribution in [-0.4, -0.2) is 26.0 Å². The van der Waals surface area contributed by atoms with E-state index in [4.69, 9.17) is 4.74 Å². The lowest BCUT2D eigenvalue weighted by molar-refractivity contribution is 0.0993. The quantitative estimate of drug-likeness (QED) is 0.832. The van der Waals surface area contributed by atoms with Crippen LogP contribution in [-0.2, 0) is 17.8 Å². The number of ether oxygens (including phenoxy) is 1. The lowest BCUT2D eigenvalue weighted by atomic mass is 9.95. The van der Waals surface area contributed by atoms with Gasteiger partial charge in [-0.05, 0) is 35.6 Å². The van der Waals surface area contributed by atoms with Crippen molar-refractivity contribution in [3.63, 3.8) is 0 Å². The van der Waals surface area contributed by atoms with Crippen LogP contribution < -0.4 is 5.32 Å². The van der Waals surface area contributed by atoms with Gasteiger partial charge in [0.2, 0.25) is 0 Å². The van der Waals surface area contributed by atoms with E-state index in [9.17, 15) is 4.79 Å². The summed E-state index contributed by atoms with van der Waals surface area (Å²) in [6.07, 6.45) is 1.65. The van der Waals surface area contributed by atoms with Crippen molar-refractivity contribution >= 4 is 5.78 Å². The van der Waals surface area contributed by atoms with Gasteiger partial charge in [-0.15, -0.1) is 0 Å². The van der Waals surface area contributed by atoms with Gasteiger partial charge in [-0.1, -0.05) is 48.5 Å². The van der Waals surface area contributed by atoms with E-state index < -0.39 is 0 Å². The van der Waals surface area contributed by atoms with Gasteiger partial charge >= 0.3 is 0 Å². The first-order valence-corrected chi connectivity index (χ1v) is 8.17. The molecule has 1 saturated heterocycles. The maximum atomic E-state index is 12.4. The minimum absolute atomic E-state index is 0.157.